The fourth-order valence-electron chi connectivity index (χ4n) is 1.84. The average Bonchev–Trinajstić information content (AvgIpc) is 2.30. The molecule has 0 spiro atoms. The normalized spacial score (nSPS) is 10.8. The second-order valence-corrected chi connectivity index (χ2v) is 4.19. The van der Waals surface area contributed by atoms with Crippen molar-refractivity contribution in [2.24, 2.45) is 0 Å². The molecule has 0 aliphatic carbocycles. The van der Waals surface area contributed by atoms with Crippen LogP contribution in [0.15, 0.2) is 49.1 Å². The number of unbranched alkanes of at least 4 members (excludes halogenated alkanes) is 3. The Morgan fingerprint density at radius 3 is 2.69 bits per heavy atom. The zero-order valence-corrected chi connectivity index (χ0v) is 10.3. The first-order valence-corrected chi connectivity index (χ1v) is 6.16. The minimum atomic E-state index is 1.18. The highest BCUT2D eigenvalue weighted by Gasteiger charge is 1.96. The van der Waals surface area contributed by atoms with Crippen molar-refractivity contribution in [2.75, 3.05) is 0 Å². The van der Waals surface area contributed by atoms with E-state index in [1.54, 1.807) is 0 Å². The molecule has 0 saturated carbocycles. The topological polar surface area (TPSA) is 0 Å². The molecule has 0 aliphatic heterocycles. The summed E-state index contributed by atoms with van der Waals surface area (Å²) in [6.07, 6.45) is 12.4. The first-order valence-electron chi connectivity index (χ1n) is 6.16. The predicted octanol–water partition coefficient (Wildman–Crippen LogP) is 4.84. The minimum Gasteiger partial charge on any atom is -0.0991 e. The van der Waals surface area contributed by atoms with Gasteiger partial charge in [0.15, 0.2) is 0 Å². The number of allylic oxidation sites excluding steroid dienone is 3. The second-order valence-electron chi connectivity index (χ2n) is 4.19. The number of rotatable bonds is 7. The quantitative estimate of drug-likeness (QED) is 0.450. The summed E-state index contributed by atoms with van der Waals surface area (Å²) in [5, 5.41) is 0. The monoisotopic (exact) mass is 214 g/mol. The molecular weight excluding hydrogens is 192 g/mol. The number of hydrogen-bond acceptors (Lipinski definition) is 0. The second kappa shape index (κ2) is 7.92. The van der Waals surface area contributed by atoms with Crippen LogP contribution in [-0.4, -0.2) is 0 Å². The lowest BCUT2D eigenvalue weighted by molar-refractivity contribution is 0.685. The van der Waals surface area contributed by atoms with Gasteiger partial charge in [-0.15, -0.1) is 0 Å². The van der Waals surface area contributed by atoms with Crippen LogP contribution in [0.5, 0.6) is 0 Å². The van der Waals surface area contributed by atoms with E-state index in [1.807, 2.05) is 12.2 Å². The summed E-state index contributed by atoms with van der Waals surface area (Å²) in [5.74, 6) is 0. The molecule has 1 aromatic rings. The molecule has 0 saturated heterocycles. The fourth-order valence-corrected chi connectivity index (χ4v) is 1.84. The van der Waals surface area contributed by atoms with Crippen LogP contribution in [0, 0.1) is 6.92 Å². The molecule has 1 rings (SSSR count). The van der Waals surface area contributed by atoms with Crippen LogP contribution >= 0.6 is 0 Å². The van der Waals surface area contributed by atoms with E-state index in [0.717, 1.165) is 0 Å². The zero-order chi connectivity index (χ0) is 11.6. The van der Waals surface area contributed by atoms with E-state index in [2.05, 4.69) is 43.8 Å². The lowest BCUT2D eigenvalue weighted by Crippen LogP contribution is -1.89. The summed E-state index contributed by atoms with van der Waals surface area (Å²) in [7, 11) is 0. The van der Waals surface area contributed by atoms with E-state index in [1.165, 1.54) is 43.2 Å². The van der Waals surface area contributed by atoms with Gasteiger partial charge in [0.05, 0.1) is 0 Å². The molecule has 0 fully saturated rings. The Morgan fingerprint density at radius 1 is 1.12 bits per heavy atom. The van der Waals surface area contributed by atoms with Crippen LogP contribution < -0.4 is 0 Å². The highest BCUT2D eigenvalue weighted by Crippen LogP contribution is 2.12. The van der Waals surface area contributed by atoms with Crippen molar-refractivity contribution >= 4 is 0 Å². The summed E-state index contributed by atoms with van der Waals surface area (Å²) in [6.45, 7) is 5.85. The van der Waals surface area contributed by atoms with Gasteiger partial charge in [-0.05, 0) is 43.7 Å². The van der Waals surface area contributed by atoms with Crippen LogP contribution in [0.1, 0.15) is 36.8 Å². The largest absolute Gasteiger partial charge is 0.0991 e. The van der Waals surface area contributed by atoms with E-state index in [4.69, 9.17) is 0 Å². The highest BCUT2D eigenvalue weighted by molar-refractivity contribution is 5.25. The summed E-state index contributed by atoms with van der Waals surface area (Å²) in [4.78, 5) is 0. The Balaban J connectivity index is 2.14. The van der Waals surface area contributed by atoms with Gasteiger partial charge in [0, 0.05) is 0 Å². The van der Waals surface area contributed by atoms with Crippen LogP contribution in [0.3, 0.4) is 0 Å². The average molecular weight is 214 g/mol. The number of hydrogen-bond donors (Lipinski definition) is 0. The SMILES string of the molecule is C=CC=CCCCCCc1ccccc1C. The molecule has 0 heterocycles. The zero-order valence-electron chi connectivity index (χ0n) is 10.3. The van der Waals surface area contributed by atoms with Gasteiger partial charge < -0.3 is 0 Å². The van der Waals surface area contributed by atoms with Gasteiger partial charge in [0.1, 0.15) is 0 Å². The Labute approximate surface area is 99.7 Å². The van der Waals surface area contributed by atoms with E-state index in [0.29, 0.717) is 0 Å². The Kier molecular flexibility index (Phi) is 6.32. The van der Waals surface area contributed by atoms with E-state index in [-0.39, 0.29) is 0 Å². The maximum atomic E-state index is 3.66. The molecule has 1 aromatic carbocycles. The predicted molar refractivity (Wildman–Crippen MR) is 72.7 cm³/mol. The molecule has 0 aromatic heterocycles. The van der Waals surface area contributed by atoms with Crippen molar-refractivity contribution in [1.82, 2.24) is 0 Å². The standard InChI is InChI=1S/C16H22/c1-3-4-5-6-7-8-9-13-16-14-11-10-12-15(16)2/h3-5,10-12,14H,1,6-9,13H2,2H3. The summed E-state index contributed by atoms with van der Waals surface area (Å²) >= 11 is 0. The lowest BCUT2D eigenvalue weighted by Gasteiger charge is -2.04. The molecule has 0 bridgehead atoms. The molecule has 0 radical (unpaired) electrons. The molecule has 86 valence electrons. The summed E-state index contributed by atoms with van der Waals surface area (Å²) in [6, 6.07) is 8.68. The molecule has 0 atom stereocenters. The van der Waals surface area contributed by atoms with Crippen molar-refractivity contribution in [3.05, 3.63) is 60.2 Å². The van der Waals surface area contributed by atoms with Crippen LogP contribution in [0.2, 0.25) is 0 Å². The van der Waals surface area contributed by atoms with Gasteiger partial charge >= 0.3 is 0 Å². The molecule has 0 unspecified atom stereocenters. The van der Waals surface area contributed by atoms with E-state index in [9.17, 15) is 0 Å². The van der Waals surface area contributed by atoms with Gasteiger partial charge in [-0.3, -0.25) is 0 Å². The molecule has 0 heteroatoms. The van der Waals surface area contributed by atoms with E-state index < -0.39 is 0 Å². The lowest BCUT2D eigenvalue weighted by atomic mass is 10.0. The van der Waals surface area contributed by atoms with Crippen LogP contribution in [-0.2, 0) is 6.42 Å². The Bertz CT molecular complexity index is 334. The third-order valence-electron chi connectivity index (χ3n) is 2.85. The van der Waals surface area contributed by atoms with Crippen LogP contribution in [0.4, 0.5) is 0 Å². The van der Waals surface area contributed by atoms with Crippen molar-refractivity contribution in [3.63, 3.8) is 0 Å². The molecule has 16 heavy (non-hydrogen) atoms. The van der Waals surface area contributed by atoms with Crippen molar-refractivity contribution < 1.29 is 0 Å². The summed E-state index contributed by atoms with van der Waals surface area (Å²) in [5.41, 5.74) is 2.93. The first kappa shape index (κ1) is 12.8. The Morgan fingerprint density at radius 2 is 1.94 bits per heavy atom. The van der Waals surface area contributed by atoms with Gasteiger partial charge in [-0.1, -0.05) is 55.5 Å². The minimum absolute atomic E-state index is 1.18. The third kappa shape index (κ3) is 4.97. The van der Waals surface area contributed by atoms with Gasteiger partial charge in [-0.2, -0.15) is 0 Å². The van der Waals surface area contributed by atoms with Crippen molar-refractivity contribution in [2.45, 2.75) is 39.0 Å². The smallest absolute Gasteiger partial charge is 0.0276 e. The maximum Gasteiger partial charge on any atom is -0.0276 e. The molecule has 0 nitrogen and oxygen atoms in total. The van der Waals surface area contributed by atoms with Gasteiger partial charge in [-0.25, -0.2) is 0 Å². The van der Waals surface area contributed by atoms with E-state index >= 15 is 0 Å². The Hall–Kier alpha value is -1.30. The first-order chi connectivity index (χ1) is 7.84. The molecule has 0 aliphatic rings. The number of benzene rings is 1. The fraction of sp³-hybridized carbons (Fsp3) is 0.375. The highest BCUT2D eigenvalue weighted by atomic mass is 14.0. The van der Waals surface area contributed by atoms with Crippen molar-refractivity contribution in [3.8, 4) is 0 Å². The molecular formula is C16H22. The van der Waals surface area contributed by atoms with Gasteiger partial charge in [0.2, 0.25) is 0 Å². The van der Waals surface area contributed by atoms with Gasteiger partial charge in [0.25, 0.3) is 0 Å². The molecule has 0 amide bonds. The maximum absolute atomic E-state index is 3.66. The number of aryl methyl sites for hydroxylation is 2. The molecule has 0 N–H and O–H groups in total. The summed E-state index contributed by atoms with van der Waals surface area (Å²) < 4.78 is 0. The van der Waals surface area contributed by atoms with Crippen molar-refractivity contribution in [1.29, 1.82) is 0 Å². The van der Waals surface area contributed by atoms with Crippen LogP contribution in [0.25, 0.3) is 0 Å². The third-order valence-corrected chi connectivity index (χ3v) is 2.85.